The van der Waals surface area contributed by atoms with Crippen molar-refractivity contribution >= 4 is 51.0 Å². The van der Waals surface area contributed by atoms with E-state index in [0.717, 1.165) is 12.0 Å². The molecule has 1 nitrogen and oxygen atoms in total. The Bertz CT molecular complexity index is 240. The van der Waals surface area contributed by atoms with E-state index in [4.69, 9.17) is 0 Å². The van der Waals surface area contributed by atoms with Gasteiger partial charge in [0, 0.05) is 7.50 Å². The summed E-state index contributed by atoms with van der Waals surface area (Å²) in [5.74, 6) is 0.203. The molecule has 0 spiro atoms. The number of hydrogen-bond donors (Lipinski definition) is 0. The highest BCUT2D eigenvalue weighted by molar-refractivity contribution is 14.1. The number of Topliss-reactive ketones (excluding diaryl/α,β-unsaturated/α-hetero) is 1. The number of carbonyl (C=O) groups excluding carboxylic acids is 1. The molecule has 0 radical (unpaired) electrons. The van der Waals surface area contributed by atoms with Gasteiger partial charge in [-0.25, -0.2) is 0 Å². The third-order valence-electron chi connectivity index (χ3n) is 1.52. The molecule has 11 heavy (non-hydrogen) atoms. The summed E-state index contributed by atoms with van der Waals surface area (Å²) in [6, 6.07) is 0. The zero-order valence-electron chi connectivity index (χ0n) is 6.10. The molecule has 1 unspecified atom stereocenters. The average Bonchev–Trinajstić information content (AvgIpc) is 1.85. The first-order chi connectivity index (χ1) is 5.09. The van der Waals surface area contributed by atoms with Crippen molar-refractivity contribution in [3.8, 4) is 0 Å². The largest absolute Gasteiger partial charge is 0.295 e. The summed E-state index contributed by atoms with van der Waals surface area (Å²) in [5, 5.41) is 0. The molecule has 0 heterocycles. The molecule has 1 atom stereocenters. The van der Waals surface area contributed by atoms with Gasteiger partial charge in [-0.2, -0.15) is 0 Å². The molecule has 0 amide bonds. The van der Waals surface area contributed by atoms with Crippen LogP contribution in [0.3, 0.4) is 0 Å². The third-order valence-corrected chi connectivity index (χ3v) is 2.99. The van der Waals surface area contributed by atoms with Gasteiger partial charge in [-0.3, -0.25) is 4.79 Å². The Morgan fingerprint density at radius 1 is 1.73 bits per heavy atom. The van der Waals surface area contributed by atoms with Gasteiger partial charge >= 0.3 is 0 Å². The van der Waals surface area contributed by atoms with Gasteiger partial charge in [-0.15, -0.1) is 0 Å². The number of alkyl halides is 1. The lowest BCUT2D eigenvalue weighted by Crippen LogP contribution is -2.07. The fourth-order valence-electron chi connectivity index (χ4n) is 0.961. The maximum Gasteiger partial charge on any atom is 0.155 e. The van der Waals surface area contributed by atoms with Crippen LogP contribution < -0.4 is 0 Å². The molecule has 0 saturated carbocycles. The van der Waals surface area contributed by atoms with Crippen LogP contribution in [-0.2, 0) is 4.79 Å². The quantitative estimate of drug-likeness (QED) is 0.510. The normalized spacial score (nSPS) is 24.1. The lowest BCUT2D eigenvalue weighted by atomic mass is 10.0. The molecule has 1 aliphatic rings. The van der Waals surface area contributed by atoms with Crippen LogP contribution in [0.1, 0.15) is 13.3 Å². The van der Waals surface area contributed by atoms with Crippen LogP contribution in [0.25, 0.3) is 0 Å². The van der Waals surface area contributed by atoms with Gasteiger partial charge in [-0.05, 0) is 47.6 Å². The number of hydrogen-bond acceptors (Lipinski definition) is 1. The summed E-state index contributed by atoms with van der Waals surface area (Å²) in [4.78, 5) is 11.0. The first-order valence-corrected chi connectivity index (χ1v) is 5.65. The number of ketones is 1. The number of halogens is 2. The number of rotatable bonds is 1. The minimum absolute atomic E-state index is 0.203. The Hall–Kier alpha value is 0.610. The van der Waals surface area contributed by atoms with Gasteiger partial charge in [-0.1, -0.05) is 28.7 Å². The van der Waals surface area contributed by atoms with E-state index in [-0.39, 0.29) is 5.78 Å². The second kappa shape index (κ2) is 4.02. The van der Waals surface area contributed by atoms with Gasteiger partial charge < -0.3 is 0 Å². The molecule has 60 valence electrons. The van der Waals surface area contributed by atoms with Crippen LogP contribution in [0.15, 0.2) is 21.3 Å². The molecule has 0 bridgehead atoms. The van der Waals surface area contributed by atoms with Crippen molar-refractivity contribution in [3.05, 3.63) is 21.3 Å². The summed E-state index contributed by atoms with van der Waals surface area (Å²) in [7, 11) is 0. The second-order valence-electron chi connectivity index (χ2n) is 2.50. The molecule has 0 aromatic rings. The second-order valence-corrected chi connectivity index (χ2v) is 5.34. The highest BCUT2D eigenvalue weighted by Crippen LogP contribution is 2.26. The first kappa shape index (κ1) is 9.70. The van der Waals surface area contributed by atoms with Crippen molar-refractivity contribution in [3.63, 3.8) is 0 Å². The van der Waals surface area contributed by atoms with Crippen molar-refractivity contribution < 1.29 is 4.79 Å². The lowest BCUT2D eigenvalue weighted by molar-refractivity contribution is -0.113. The zero-order valence-corrected chi connectivity index (χ0v) is 10.4. The van der Waals surface area contributed by atoms with Crippen molar-refractivity contribution in [1.29, 1.82) is 0 Å². The standard InChI is InChI=1S/C8H8I2O/c1-5(11)6-2-7(9)4-8(10)3-6/h2,4,8H,3H2,1H3. The van der Waals surface area contributed by atoms with Crippen molar-refractivity contribution in [2.24, 2.45) is 0 Å². The van der Waals surface area contributed by atoms with Crippen molar-refractivity contribution in [1.82, 2.24) is 0 Å². The fourth-order valence-corrected chi connectivity index (χ4v) is 3.32. The minimum Gasteiger partial charge on any atom is -0.295 e. The van der Waals surface area contributed by atoms with Gasteiger partial charge in [0.1, 0.15) is 0 Å². The average molecular weight is 374 g/mol. The number of allylic oxidation sites excluding steroid dienone is 4. The molecule has 0 saturated heterocycles. The van der Waals surface area contributed by atoms with Gasteiger partial charge in [0.05, 0.1) is 0 Å². The lowest BCUT2D eigenvalue weighted by Gasteiger charge is -2.12. The fraction of sp³-hybridized carbons (Fsp3) is 0.375. The molecule has 0 aromatic heterocycles. The van der Waals surface area contributed by atoms with E-state index in [2.05, 4.69) is 51.3 Å². The summed E-state index contributed by atoms with van der Waals surface area (Å²) < 4.78 is 1.67. The van der Waals surface area contributed by atoms with E-state index < -0.39 is 0 Å². The molecule has 0 N–H and O–H groups in total. The van der Waals surface area contributed by atoms with Crippen LogP contribution in [0.2, 0.25) is 0 Å². The van der Waals surface area contributed by atoms with Crippen LogP contribution in [-0.4, -0.2) is 9.71 Å². The molecule has 0 fully saturated rings. The van der Waals surface area contributed by atoms with E-state index in [1.165, 1.54) is 3.58 Å². The Kier molecular flexibility index (Phi) is 3.54. The summed E-state index contributed by atoms with van der Waals surface area (Å²) >= 11 is 4.59. The molecular formula is C8H8I2O. The van der Waals surface area contributed by atoms with Gasteiger partial charge in [0.25, 0.3) is 0 Å². The predicted molar refractivity (Wildman–Crippen MR) is 63.3 cm³/mol. The SMILES string of the molecule is CC(=O)C1=CC(I)=CC(I)C1. The first-order valence-electron chi connectivity index (χ1n) is 3.32. The molecule has 3 heteroatoms. The maximum absolute atomic E-state index is 11.0. The Morgan fingerprint density at radius 2 is 2.36 bits per heavy atom. The maximum atomic E-state index is 11.0. The topological polar surface area (TPSA) is 17.1 Å². The summed E-state index contributed by atoms with van der Waals surface area (Å²) in [6.07, 6.45) is 5.04. The van der Waals surface area contributed by atoms with Gasteiger partial charge in [0.15, 0.2) is 5.78 Å². The zero-order chi connectivity index (χ0) is 8.43. The molecule has 1 aliphatic carbocycles. The Balaban J connectivity index is 2.84. The van der Waals surface area contributed by atoms with Crippen LogP contribution in [0, 0.1) is 0 Å². The highest BCUT2D eigenvalue weighted by Gasteiger charge is 2.13. The summed E-state index contributed by atoms with van der Waals surface area (Å²) in [6.45, 7) is 1.63. The molecule has 1 rings (SSSR count). The van der Waals surface area contributed by atoms with Crippen molar-refractivity contribution in [2.45, 2.75) is 17.3 Å². The number of carbonyl (C=O) groups is 1. The van der Waals surface area contributed by atoms with Crippen LogP contribution >= 0.6 is 45.2 Å². The van der Waals surface area contributed by atoms with E-state index in [1.807, 2.05) is 6.08 Å². The van der Waals surface area contributed by atoms with Crippen LogP contribution in [0.5, 0.6) is 0 Å². The smallest absolute Gasteiger partial charge is 0.155 e. The molecule has 0 aromatic carbocycles. The third kappa shape index (κ3) is 2.85. The van der Waals surface area contributed by atoms with E-state index in [1.54, 1.807) is 6.92 Å². The Labute approximate surface area is 93.6 Å². The van der Waals surface area contributed by atoms with Gasteiger partial charge in [0.2, 0.25) is 0 Å². The predicted octanol–water partition coefficient (Wildman–Crippen LogP) is 3.03. The van der Waals surface area contributed by atoms with E-state index in [9.17, 15) is 4.79 Å². The van der Waals surface area contributed by atoms with E-state index >= 15 is 0 Å². The molecule has 0 aliphatic heterocycles. The molecular weight excluding hydrogens is 366 g/mol. The minimum atomic E-state index is 0.203. The summed E-state index contributed by atoms with van der Waals surface area (Å²) in [5.41, 5.74) is 0.955. The van der Waals surface area contributed by atoms with E-state index in [0.29, 0.717) is 3.92 Å². The van der Waals surface area contributed by atoms with Crippen molar-refractivity contribution in [2.75, 3.05) is 0 Å². The monoisotopic (exact) mass is 374 g/mol. The Morgan fingerprint density at radius 3 is 2.82 bits per heavy atom. The highest BCUT2D eigenvalue weighted by atomic mass is 127. The van der Waals surface area contributed by atoms with Crippen LogP contribution in [0.4, 0.5) is 0 Å².